The highest BCUT2D eigenvalue weighted by Crippen LogP contribution is 2.21. The van der Waals surface area contributed by atoms with Crippen LogP contribution in [0.4, 0.5) is 0 Å². The largest absolute Gasteiger partial charge is 0.379 e. The number of piperidine rings is 1. The van der Waals surface area contributed by atoms with Gasteiger partial charge in [0.15, 0.2) is 0 Å². The number of morpholine rings is 1. The van der Waals surface area contributed by atoms with Crippen LogP contribution in [0.1, 0.15) is 50.4 Å². The molecule has 2 fully saturated rings. The van der Waals surface area contributed by atoms with Crippen LogP contribution in [0.15, 0.2) is 29.2 Å². The summed E-state index contributed by atoms with van der Waals surface area (Å²) in [6, 6.07) is 5.49. The lowest BCUT2D eigenvalue weighted by Crippen LogP contribution is -2.54. The molecule has 2 saturated heterocycles. The number of sulfonamides is 1. The third-order valence-electron chi connectivity index (χ3n) is 6.01. The Balaban J connectivity index is 1.77. The summed E-state index contributed by atoms with van der Waals surface area (Å²) in [6.45, 7) is 7.82. The Morgan fingerprint density at radius 3 is 2.48 bits per heavy atom. The van der Waals surface area contributed by atoms with Gasteiger partial charge in [-0.15, -0.1) is 0 Å². The summed E-state index contributed by atoms with van der Waals surface area (Å²) in [5.74, 6) is -0.616. The first-order chi connectivity index (χ1) is 14.7. The third kappa shape index (κ3) is 5.45. The Morgan fingerprint density at radius 1 is 1.13 bits per heavy atom. The van der Waals surface area contributed by atoms with Gasteiger partial charge in [-0.1, -0.05) is 19.9 Å². The fraction of sp³-hybridized carbons (Fsp3) is 0.636. The van der Waals surface area contributed by atoms with Crippen LogP contribution < -0.4 is 5.32 Å². The minimum absolute atomic E-state index is 0.0686. The van der Waals surface area contributed by atoms with Crippen molar-refractivity contribution in [3.8, 4) is 0 Å². The molecule has 2 heterocycles. The molecule has 3 rings (SSSR count). The number of benzene rings is 1. The zero-order valence-electron chi connectivity index (χ0n) is 18.5. The molecule has 1 N–H and O–H groups in total. The van der Waals surface area contributed by atoms with Crippen molar-refractivity contribution in [2.24, 2.45) is 5.92 Å². The number of nitrogens with one attached hydrogen (secondary N) is 1. The van der Waals surface area contributed by atoms with Crippen LogP contribution in [-0.4, -0.2) is 74.4 Å². The molecule has 0 aliphatic carbocycles. The van der Waals surface area contributed by atoms with Gasteiger partial charge in [-0.3, -0.25) is 9.59 Å². The number of rotatable bonds is 6. The quantitative estimate of drug-likeness (QED) is 0.712. The zero-order chi connectivity index (χ0) is 22.6. The van der Waals surface area contributed by atoms with E-state index in [-0.39, 0.29) is 41.4 Å². The van der Waals surface area contributed by atoms with Gasteiger partial charge in [0.25, 0.3) is 5.91 Å². The molecule has 2 unspecified atom stereocenters. The van der Waals surface area contributed by atoms with Crippen molar-refractivity contribution < 1.29 is 22.7 Å². The lowest BCUT2D eigenvalue weighted by molar-refractivity contribution is -0.137. The molecule has 8 nitrogen and oxygen atoms in total. The van der Waals surface area contributed by atoms with E-state index in [0.29, 0.717) is 19.8 Å². The molecular formula is C22H33N3O5S. The summed E-state index contributed by atoms with van der Waals surface area (Å²) < 4.78 is 32.4. The van der Waals surface area contributed by atoms with Gasteiger partial charge in [-0.05, 0) is 50.3 Å². The Hall–Kier alpha value is -1.97. The van der Waals surface area contributed by atoms with E-state index in [9.17, 15) is 18.0 Å². The first kappa shape index (κ1) is 23.7. The Bertz CT molecular complexity index is 896. The first-order valence-corrected chi connectivity index (χ1v) is 12.4. The molecule has 172 valence electrons. The maximum Gasteiger partial charge on any atom is 0.251 e. The molecule has 0 bridgehead atoms. The maximum atomic E-state index is 13.1. The van der Waals surface area contributed by atoms with Crippen LogP contribution in [0, 0.1) is 5.92 Å². The van der Waals surface area contributed by atoms with Crippen molar-refractivity contribution in [3.63, 3.8) is 0 Å². The molecule has 0 spiro atoms. The monoisotopic (exact) mass is 451 g/mol. The van der Waals surface area contributed by atoms with Gasteiger partial charge < -0.3 is 15.0 Å². The average molecular weight is 452 g/mol. The van der Waals surface area contributed by atoms with Crippen molar-refractivity contribution >= 4 is 21.8 Å². The second kappa shape index (κ2) is 10.1. The standard InChI is InChI=1S/C22H33N3O5S/c1-16(2)20(22(27)25-10-5-4-7-17(25)3)23-21(26)18-8-6-9-19(15-18)31(28,29)24-11-13-30-14-12-24/h6,8-9,15-17,20H,4-5,7,10-14H2,1-3H3,(H,23,26). The predicted octanol–water partition coefficient (Wildman–Crippen LogP) is 1.86. The molecule has 2 aliphatic heterocycles. The molecule has 0 aromatic heterocycles. The molecule has 2 atom stereocenters. The van der Waals surface area contributed by atoms with Gasteiger partial charge in [0.2, 0.25) is 15.9 Å². The van der Waals surface area contributed by atoms with E-state index < -0.39 is 22.0 Å². The number of ether oxygens (including phenoxy) is 1. The average Bonchev–Trinajstić information content (AvgIpc) is 2.77. The Labute approximate surface area is 185 Å². The highest BCUT2D eigenvalue weighted by atomic mass is 32.2. The summed E-state index contributed by atoms with van der Waals surface area (Å²) in [7, 11) is -3.71. The highest BCUT2D eigenvalue weighted by molar-refractivity contribution is 7.89. The number of hydrogen-bond acceptors (Lipinski definition) is 5. The number of hydrogen-bond donors (Lipinski definition) is 1. The second-order valence-corrected chi connectivity index (χ2v) is 10.6. The summed E-state index contributed by atoms with van der Waals surface area (Å²) >= 11 is 0. The van der Waals surface area contributed by atoms with Gasteiger partial charge in [0.05, 0.1) is 18.1 Å². The number of carbonyl (C=O) groups is 2. The normalized spacial score (nSPS) is 21.7. The molecule has 0 radical (unpaired) electrons. The van der Waals surface area contributed by atoms with Crippen LogP contribution in [0.25, 0.3) is 0 Å². The molecule has 9 heteroatoms. The van der Waals surface area contributed by atoms with E-state index in [4.69, 9.17) is 4.74 Å². The van der Waals surface area contributed by atoms with Crippen LogP contribution in [0.2, 0.25) is 0 Å². The van der Waals surface area contributed by atoms with Gasteiger partial charge >= 0.3 is 0 Å². The minimum atomic E-state index is -3.71. The Kier molecular flexibility index (Phi) is 7.72. The molecule has 2 aliphatic rings. The number of nitrogens with zero attached hydrogens (tertiary/aromatic N) is 2. The molecule has 1 aromatic carbocycles. The Morgan fingerprint density at radius 2 is 1.84 bits per heavy atom. The van der Waals surface area contributed by atoms with Crippen molar-refractivity contribution in [3.05, 3.63) is 29.8 Å². The lowest BCUT2D eigenvalue weighted by atomic mass is 9.98. The van der Waals surface area contributed by atoms with Gasteiger partial charge in [0, 0.05) is 31.2 Å². The molecule has 0 saturated carbocycles. The second-order valence-electron chi connectivity index (χ2n) is 8.62. The topological polar surface area (TPSA) is 96.0 Å². The fourth-order valence-corrected chi connectivity index (χ4v) is 5.53. The summed E-state index contributed by atoms with van der Waals surface area (Å²) in [6.07, 6.45) is 3.04. The number of amides is 2. The van der Waals surface area contributed by atoms with E-state index in [1.807, 2.05) is 25.7 Å². The van der Waals surface area contributed by atoms with Gasteiger partial charge in [0.1, 0.15) is 6.04 Å². The predicted molar refractivity (Wildman–Crippen MR) is 117 cm³/mol. The van der Waals surface area contributed by atoms with Crippen molar-refractivity contribution in [2.75, 3.05) is 32.8 Å². The maximum absolute atomic E-state index is 13.1. The lowest BCUT2D eigenvalue weighted by Gasteiger charge is -2.37. The van der Waals surface area contributed by atoms with E-state index in [2.05, 4.69) is 5.32 Å². The van der Waals surface area contributed by atoms with E-state index in [1.54, 1.807) is 12.1 Å². The van der Waals surface area contributed by atoms with Gasteiger partial charge in [-0.2, -0.15) is 4.31 Å². The van der Waals surface area contributed by atoms with Gasteiger partial charge in [-0.25, -0.2) is 8.42 Å². The van der Waals surface area contributed by atoms with Crippen LogP contribution >= 0.6 is 0 Å². The van der Waals surface area contributed by atoms with Crippen molar-refractivity contribution in [1.29, 1.82) is 0 Å². The van der Waals surface area contributed by atoms with Crippen LogP contribution in [-0.2, 0) is 19.6 Å². The number of carbonyl (C=O) groups excluding carboxylic acids is 2. The molecule has 2 amide bonds. The summed E-state index contributed by atoms with van der Waals surface area (Å²) in [4.78, 5) is 28.0. The highest BCUT2D eigenvalue weighted by Gasteiger charge is 2.33. The zero-order valence-corrected chi connectivity index (χ0v) is 19.4. The minimum Gasteiger partial charge on any atom is -0.379 e. The third-order valence-corrected chi connectivity index (χ3v) is 7.90. The first-order valence-electron chi connectivity index (χ1n) is 11.0. The smallest absolute Gasteiger partial charge is 0.251 e. The molecule has 31 heavy (non-hydrogen) atoms. The fourth-order valence-electron chi connectivity index (χ4n) is 4.08. The number of likely N-dealkylation sites (tertiary alicyclic amines) is 1. The summed E-state index contributed by atoms with van der Waals surface area (Å²) in [5, 5.41) is 2.85. The van der Waals surface area contributed by atoms with Crippen molar-refractivity contribution in [2.45, 2.75) is 57.0 Å². The summed E-state index contributed by atoms with van der Waals surface area (Å²) in [5.41, 5.74) is 0.222. The van der Waals surface area contributed by atoms with Crippen LogP contribution in [0.3, 0.4) is 0 Å². The van der Waals surface area contributed by atoms with Crippen LogP contribution in [0.5, 0.6) is 0 Å². The SMILES string of the molecule is CC(C)C(NC(=O)c1cccc(S(=O)(=O)N2CCOCC2)c1)C(=O)N1CCCCC1C. The van der Waals surface area contributed by atoms with E-state index in [0.717, 1.165) is 19.3 Å². The van der Waals surface area contributed by atoms with Crippen molar-refractivity contribution in [1.82, 2.24) is 14.5 Å². The van der Waals surface area contributed by atoms with E-state index >= 15 is 0 Å². The van der Waals surface area contributed by atoms with E-state index in [1.165, 1.54) is 16.4 Å². The molecular weight excluding hydrogens is 418 g/mol. The molecule has 1 aromatic rings.